The number of aliphatic hydroxyl groups is 1. The van der Waals surface area contributed by atoms with Gasteiger partial charge in [0.15, 0.2) is 0 Å². The van der Waals surface area contributed by atoms with E-state index in [1.54, 1.807) is 6.26 Å². The van der Waals surface area contributed by atoms with Gasteiger partial charge in [0.1, 0.15) is 5.76 Å². The van der Waals surface area contributed by atoms with Crippen molar-refractivity contribution in [1.82, 2.24) is 4.90 Å². The second-order valence-corrected chi connectivity index (χ2v) is 5.16. The lowest BCUT2D eigenvalue weighted by Gasteiger charge is -2.21. The molecule has 0 amide bonds. The first-order chi connectivity index (χ1) is 9.69. The molecule has 0 bridgehead atoms. The van der Waals surface area contributed by atoms with E-state index < -0.39 is 6.10 Å². The third kappa shape index (κ3) is 4.22. The lowest BCUT2D eigenvalue weighted by atomic mass is 10.0. The average Bonchev–Trinajstić information content (AvgIpc) is 2.96. The van der Waals surface area contributed by atoms with Crippen molar-refractivity contribution in [3.63, 3.8) is 0 Å². The number of aryl methyl sites for hydroxylation is 1. The van der Waals surface area contributed by atoms with Crippen LogP contribution in [0, 0.1) is 6.92 Å². The van der Waals surface area contributed by atoms with Crippen LogP contribution < -0.4 is 0 Å². The number of benzene rings is 1. The van der Waals surface area contributed by atoms with E-state index in [9.17, 15) is 5.11 Å². The summed E-state index contributed by atoms with van der Waals surface area (Å²) in [5.74, 6) is 0.969. The van der Waals surface area contributed by atoms with Crippen molar-refractivity contribution in [2.24, 2.45) is 0 Å². The second-order valence-electron chi connectivity index (χ2n) is 5.16. The van der Waals surface area contributed by atoms with Crippen molar-refractivity contribution in [2.75, 3.05) is 13.1 Å². The molecular formula is C17H23NO2. The maximum absolute atomic E-state index is 10.2. The van der Waals surface area contributed by atoms with Crippen molar-refractivity contribution in [3.05, 3.63) is 59.5 Å². The Morgan fingerprint density at radius 2 is 1.95 bits per heavy atom. The molecule has 1 aromatic carbocycles. The van der Waals surface area contributed by atoms with Gasteiger partial charge in [0.05, 0.1) is 18.9 Å². The van der Waals surface area contributed by atoms with E-state index in [1.807, 2.05) is 36.4 Å². The molecule has 0 saturated carbocycles. The molecular weight excluding hydrogens is 250 g/mol. The molecule has 1 N–H and O–H groups in total. The number of furan rings is 1. The third-order valence-corrected chi connectivity index (χ3v) is 3.59. The summed E-state index contributed by atoms with van der Waals surface area (Å²) in [5, 5.41) is 10.2. The van der Waals surface area contributed by atoms with E-state index in [-0.39, 0.29) is 0 Å². The molecule has 0 spiro atoms. The highest BCUT2D eigenvalue weighted by atomic mass is 16.3. The van der Waals surface area contributed by atoms with Gasteiger partial charge in [-0.2, -0.15) is 0 Å². The molecule has 108 valence electrons. The van der Waals surface area contributed by atoms with Gasteiger partial charge in [-0.15, -0.1) is 0 Å². The van der Waals surface area contributed by atoms with Crippen LogP contribution in [-0.2, 0) is 6.54 Å². The van der Waals surface area contributed by atoms with Crippen LogP contribution >= 0.6 is 0 Å². The Labute approximate surface area is 120 Å². The number of rotatable bonds is 7. The van der Waals surface area contributed by atoms with Crippen LogP contribution in [0.25, 0.3) is 0 Å². The van der Waals surface area contributed by atoms with Gasteiger partial charge in [0.2, 0.25) is 0 Å². The maximum Gasteiger partial charge on any atom is 0.117 e. The van der Waals surface area contributed by atoms with Gasteiger partial charge in [-0.05, 0) is 37.6 Å². The van der Waals surface area contributed by atoms with Crippen LogP contribution in [0.4, 0.5) is 0 Å². The summed E-state index contributed by atoms with van der Waals surface area (Å²) in [6.07, 6.45) is 2.03. The minimum Gasteiger partial charge on any atom is -0.468 e. The smallest absolute Gasteiger partial charge is 0.117 e. The van der Waals surface area contributed by atoms with Crippen molar-refractivity contribution < 1.29 is 9.52 Å². The van der Waals surface area contributed by atoms with Gasteiger partial charge in [-0.25, -0.2) is 0 Å². The van der Waals surface area contributed by atoms with Crippen LogP contribution in [0.2, 0.25) is 0 Å². The molecule has 1 aromatic heterocycles. The Kier molecular flexibility index (Phi) is 5.39. The van der Waals surface area contributed by atoms with E-state index in [0.29, 0.717) is 0 Å². The molecule has 20 heavy (non-hydrogen) atoms. The summed E-state index contributed by atoms with van der Waals surface area (Å²) in [4.78, 5) is 2.27. The first-order valence-corrected chi connectivity index (χ1v) is 7.18. The van der Waals surface area contributed by atoms with Crippen molar-refractivity contribution in [2.45, 2.75) is 32.9 Å². The lowest BCUT2D eigenvalue weighted by Crippen LogP contribution is -2.25. The number of hydrogen-bond acceptors (Lipinski definition) is 3. The molecule has 1 heterocycles. The van der Waals surface area contributed by atoms with Crippen molar-refractivity contribution >= 4 is 0 Å². The fraction of sp³-hybridized carbons (Fsp3) is 0.412. The molecule has 3 nitrogen and oxygen atoms in total. The summed E-state index contributed by atoms with van der Waals surface area (Å²) >= 11 is 0. The van der Waals surface area contributed by atoms with Crippen LogP contribution in [0.15, 0.2) is 47.1 Å². The third-order valence-electron chi connectivity index (χ3n) is 3.59. The summed E-state index contributed by atoms with van der Waals surface area (Å²) in [7, 11) is 0. The standard InChI is InChI=1S/C17H23NO2/c1-3-18(13-16-5-4-12-20-16)11-10-17(19)15-8-6-14(2)7-9-15/h4-9,12,17,19H,3,10-11,13H2,1-2H3. The molecule has 0 fully saturated rings. The molecule has 3 heteroatoms. The van der Waals surface area contributed by atoms with Crippen LogP contribution in [0.1, 0.15) is 36.3 Å². The topological polar surface area (TPSA) is 36.6 Å². The molecule has 1 atom stereocenters. The van der Waals surface area contributed by atoms with Gasteiger partial charge in [0.25, 0.3) is 0 Å². The van der Waals surface area contributed by atoms with Gasteiger partial charge in [-0.1, -0.05) is 36.8 Å². The zero-order valence-corrected chi connectivity index (χ0v) is 12.2. The largest absolute Gasteiger partial charge is 0.468 e. The normalized spacial score (nSPS) is 12.8. The predicted molar refractivity (Wildman–Crippen MR) is 80.4 cm³/mol. The van der Waals surface area contributed by atoms with E-state index in [2.05, 4.69) is 18.7 Å². The Morgan fingerprint density at radius 3 is 2.55 bits per heavy atom. The number of hydrogen-bond donors (Lipinski definition) is 1. The highest BCUT2D eigenvalue weighted by molar-refractivity contribution is 5.23. The Bertz CT molecular complexity index is 490. The molecule has 0 radical (unpaired) electrons. The number of aliphatic hydroxyl groups excluding tert-OH is 1. The van der Waals surface area contributed by atoms with Gasteiger partial charge < -0.3 is 9.52 Å². The maximum atomic E-state index is 10.2. The summed E-state index contributed by atoms with van der Waals surface area (Å²) in [6.45, 7) is 6.78. The SMILES string of the molecule is CCN(CCC(O)c1ccc(C)cc1)Cc1ccco1. The highest BCUT2D eigenvalue weighted by Gasteiger charge is 2.11. The first kappa shape index (κ1) is 14.8. The van der Waals surface area contributed by atoms with Crippen molar-refractivity contribution in [1.29, 1.82) is 0 Å². The molecule has 0 aliphatic carbocycles. The molecule has 0 saturated heterocycles. The fourth-order valence-corrected chi connectivity index (χ4v) is 2.23. The molecule has 0 aliphatic heterocycles. The van der Waals surface area contributed by atoms with E-state index in [1.165, 1.54) is 5.56 Å². The number of nitrogens with zero attached hydrogens (tertiary/aromatic N) is 1. The summed E-state index contributed by atoms with van der Waals surface area (Å²) in [6, 6.07) is 12.0. The van der Waals surface area contributed by atoms with Gasteiger partial charge in [0, 0.05) is 6.54 Å². The van der Waals surface area contributed by atoms with Gasteiger partial charge >= 0.3 is 0 Å². The molecule has 1 unspecified atom stereocenters. The average molecular weight is 273 g/mol. The van der Waals surface area contributed by atoms with Gasteiger partial charge in [-0.3, -0.25) is 4.90 Å². The van der Waals surface area contributed by atoms with Crippen LogP contribution in [0.3, 0.4) is 0 Å². The molecule has 0 aliphatic rings. The Balaban J connectivity index is 1.84. The quantitative estimate of drug-likeness (QED) is 0.838. The Hall–Kier alpha value is -1.58. The summed E-state index contributed by atoms with van der Waals surface area (Å²) < 4.78 is 5.37. The second kappa shape index (κ2) is 7.27. The van der Waals surface area contributed by atoms with Crippen LogP contribution in [0.5, 0.6) is 0 Å². The highest BCUT2D eigenvalue weighted by Crippen LogP contribution is 2.18. The summed E-state index contributed by atoms with van der Waals surface area (Å²) in [5.41, 5.74) is 2.21. The first-order valence-electron chi connectivity index (χ1n) is 7.18. The zero-order chi connectivity index (χ0) is 14.4. The van der Waals surface area contributed by atoms with E-state index in [4.69, 9.17) is 4.42 Å². The zero-order valence-electron chi connectivity index (χ0n) is 12.2. The monoisotopic (exact) mass is 273 g/mol. The Morgan fingerprint density at radius 1 is 1.20 bits per heavy atom. The van der Waals surface area contributed by atoms with E-state index in [0.717, 1.165) is 37.4 Å². The lowest BCUT2D eigenvalue weighted by molar-refractivity contribution is 0.138. The molecule has 2 rings (SSSR count). The fourth-order valence-electron chi connectivity index (χ4n) is 2.23. The predicted octanol–water partition coefficient (Wildman–Crippen LogP) is 3.53. The van der Waals surface area contributed by atoms with E-state index >= 15 is 0 Å². The minimum atomic E-state index is -0.402. The van der Waals surface area contributed by atoms with Crippen LogP contribution in [-0.4, -0.2) is 23.1 Å². The molecule has 2 aromatic rings. The minimum absolute atomic E-state index is 0.402. The van der Waals surface area contributed by atoms with Crippen molar-refractivity contribution in [3.8, 4) is 0 Å².